The Morgan fingerprint density at radius 3 is 2.66 bits per heavy atom. The molecule has 9 heteroatoms. The van der Waals surface area contributed by atoms with Gasteiger partial charge in [-0.3, -0.25) is 9.59 Å². The van der Waals surface area contributed by atoms with Crippen LogP contribution in [0.3, 0.4) is 0 Å². The van der Waals surface area contributed by atoms with Gasteiger partial charge in [0.1, 0.15) is 5.52 Å². The van der Waals surface area contributed by atoms with Crippen molar-refractivity contribution >= 4 is 32.6 Å². The number of carbonyl (C=O) groups excluding carboxylic acids is 2. The van der Waals surface area contributed by atoms with E-state index >= 15 is 0 Å². The number of carbonyl (C=O) groups is 2. The average Bonchev–Trinajstić information content (AvgIpc) is 3.28. The molecule has 1 atom stereocenters. The Bertz CT molecular complexity index is 1170. The summed E-state index contributed by atoms with van der Waals surface area (Å²) in [4.78, 5) is 24.5. The van der Waals surface area contributed by atoms with E-state index < -0.39 is 27.7 Å². The Labute approximate surface area is 167 Å². The molecule has 1 unspecified atom stereocenters. The van der Waals surface area contributed by atoms with Crippen molar-refractivity contribution in [3.8, 4) is 11.3 Å². The molecule has 4 rings (SSSR count). The molecule has 0 saturated carbocycles. The van der Waals surface area contributed by atoms with Gasteiger partial charge in [-0.25, -0.2) is 8.42 Å². The second-order valence-electron chi connectivity index (χ2n) is 6.96. The molecule has 1 aliphatic rings. The molecule has 1 aliphatic heterocycles. The van der Waals surface area contributed by atoms with E-state index in [1.807, 2.05) is 30.3 Å². The monoisotopic (exact) mass is 413 g/mol. The summed E-state index contributed by atoms with van der Waals surface area (Å²) in [6, 6.07) is 14.0. The maximum atomic E-state index is 12.5. The molecule has 2 N–H and O–H groups in total. The zero-order chi connectivity index (χ0) is 20.4. The van der Waals surface area contributed by atoms with Gasteiger partial charge in [0.05, 0.1) is 23.4 Å². The van der Waals surface area contributed by atoms with Crippen LogP contribution in [0.25, 0.3) is 22.2 Å². The SMILES string of the molecule is O=C(CNC(=O)c1ccc2noc(-c3ccccc3)c2c1)NC1CCS(=O)(=O)C1. The lowest BCUT2D eigenvalue weighted by Gasteiger charge is -2.11. The predicted octanol–water partition coefficient (Wildman–Crippen LogP) is 1.53. The minimum atomic E-state index is -3.07. The number of fused-ring (bicyclic) bond motifs is 1. The Hall–Kier alpha value is -3.20. The zero-order valence-electron chi connectivity index (χ0n) is 15.4. The van der Waals surface area contributed by atoms with Crippen LogP contribution in [0.4, 0.5) is 0 Å². The lowest BCUT2D eigenvalue weighted by Crippen LogP contribution is -2.42. The summed E-state index contributed by atoms with van der Waals surface area (Å²) in [5, 5.41) is 9.92. The quantitative estimate of drug-likeness (QED) is 0.655. The number of rotatable bonds is 5. The number of nitrogens with zero attached hydrogens (tertiary/aromatic N) is 1. The highest BCUT2D eigenvalue weighted by atomic mass is 32.2. The summed E-state index contributed by atoms with van der Waals surface area (Å²) < 4.78 is 28.3. The van der Waals surface area contributed by atoms with Crippen molar-refractivity contribution in [1.29, 1.82) is 0 Å². The van der Waals surface area contributed by atoms with Crippen LogP contribution >= 0.6 is 0 Å². The fourth-order valence-electron chi connectivity index (χ4n) is 3.33. The fourth-order valence-corrected chi connectivity index (χ4v) is 5.00. The van der Waals surface area contributed by atoms with Crippen LogP contribution in [0.5, 0.6) is 0 Å². The van der Waals surface area contributed by atoms with E-state index in [4.69, 9.17) is 4.52 Å². The van der Waals surface area contributed by atoms with Gasteiger partial charge in [0.15, 0.2) is 15.6 Å². The highest BCUT2D eigenvalue weighted by Crippen LogP contribution is 2.29. The molecule has 2 heterocycles. The van der Waals surface area contributed by atoms with E-state index in [0.29, 0.717) is 28.6 Å². The summed E-state index contributed by atoms with van der Waals surface area (Å²) in [5.74, 6) is -0.250. The zero-order valence-corrected chi connectivity index (χ0v) is 16.2. The first kappa shape index (κ1) is 19.1. The maximum Gasteiger partial charge on any atom is 0.251 e. The number of amides is 2. The molecule has 0 radical (unpaired) electrons. The van der Waals surface area contributed by atoms with Gasteiger partial charge in [0.25, 0.3) is 5.91 Å². The molecule has 3 aromatic rings. The van der Waals surface area contributed by atoms with Crippen LogP contribution in [0, 0.1) is 0 Å². The number of benzene rings is 2. The fraction of sp³-hybridized carbons (Fsp3) is 0.250. The summed E-state index contributed by atoms with van der Waals surface area (Å²) in [7, 11) is -3.07. The molecular formula is C20H19N3O5S. The van der Waals surface area contributed by atoms with Crippen molar-refractivity contribution in [2.45, 2.75) is 12.5 Å². The summed E-state index contributed by atoms with van der Waals surface area (Å²) in [6.45, 7) is -0.234. The van der Waals surface area contributed by atoms with Crippen molar-refractivity contribution in [2.75, 3.05) is 18.1 Å². The molecule has 8 nitrogen and oxygen atoms in total. The molecule has 2 aromatic carbocycles. The first-order valence-electron chi connectivity index (χ1n) is 9.14. The van der Waals surface area contributed by atoms with Crippen molar-refractivity contribution in [3.05, 3.63) is 54.1 Å². The topological polar surface area (TPSA) is 118 Å². The average molecular weight is 413 g/mol. The molecule has 1 aromatic heterocycles. The Kier molecular flexibility index (Phi) is 5.06. The molecule has 0 spiro atoms. The lowest BCUT2D eigenvalue weighted by molar-refractivity contribution is -0.120. The standard InChI is InChI=1S/C20H19N3O5S/c24-18(22-15-8-9-29(26,27)12-15)11-21-20(25)14-6-7-17-16(10-14)19(28-23-17)13-4-2-1-3-5-13/h1-7,10,15H,8-9,11-12H2,(H,21,25)(H,22,24). The molecule has 2 amide bonds. The molecule has 0 aliphatic carbocycles. The number of hydrogen-bond donors (Lipinski definition) is 2. The van der Waals surface area contributed by atoms with Gasteiger partial charge in [-0.15, -0.1) is 0 Å². The first-order valence-corrected chi connectivity index (χ1v) is 11.0. The van der Waals surface area contributed by atoms with E-state index in [2.05, 4.69) is 15.8 Å². The summed E-state index contributed by atoms with van der Waals surface area (Å²) in [5.41, 5.74) is 1.84. The predicted molar refractivity (Wildman–Crippen MR) is 107 cm³/mol. The molecule has 1 fully saturated rings. The number of nitrogens with one attached hydrogen (secondary N) is 2. The van der Waals surface area contributed by atoms with Gasteiger partial charge >= 0.3 is 0 Å². The van der Waals surface area contributed by atoms with Gasteiger partial charge in [0.2, 0.25) is 5.91 Å². The third-order valence-electron chi connectivity index (χ3n) is 4.78. The lowest BCUT2D eigenvalue weighted by atomic mass is 10.1. The molecule has 29 heavy (non-hydrogen) atoms. The minimum absolute atomic E-state index is 0.0564. The van der Waals surface area contributed by atoms with Gasteiger partial charge in [0, 0.05) is 17.2 Å². The van der Waals surface area contributed by atoms with Gasteiger partial charge in [-0.05, 0) is 24.6 Å². The van der Waals surface area contributed by atoms with Crippen LogP contribution in [0.2, 0.25) is 0 Å². The second-order valence-corrected chi connectivity index (χ2v) is 9.19. The van der Waals surface area contributed by atoms with Crippen LogP contribution in [0.1, 0.15) is 16.8 Å². The minimum Gasteiger partial charge on any atom is -0.355 e. The molecule has 0 bridgehead atoms. The van der Waals surface area contributed by atoms with Crippen molar-refractivity contribution in [1.82, 2.24) is 15.8 Å². The van der Waals surface area contributed by atoms with Crippen molar-refractivity contribution < 1.29 is 22.5 Å². The van der Waals surface area contributed by atoms with Crippen LogP contribution in [0.15, 0.2) is 53.1 Å². The van der Waals surface area contributed by atoms with E-state index in [9.17, 15) is 18.0 Å². The number of hydrogen-bond acceptors (Lipinski definition) is 6. The van der Waals surface area contributed by atoms with E-state index in [-0.39, 0.29) is 18.1 Å². The van der Waals surface area contributed by atoms with Gasteiger partial charge in [-0.2, -0.15) is 0 Å². The van der Waals surface area contributed by atoms with E-state index in [0.717, 1.165) is 5.56 Å². The van der Waals surface area contributed by atoms with Gasteiger partial charge < -0.3 is 15.2 Å². The Morgan fingerprint density at radius 1 is 1.14 bits per heavy atom. The third-order valence-corrected chi connectivity index (χ3v) is 6.55. The molecule has 1 saturated heterocycles. The van der Waals surface area contributed by atoms with Crippen molar-refractivity contribution in [3.63, 3.8) is 0 Å². The van der Waals surface area contributed by atoms with Crippen molar-refractivity contribution in [2.24, 2.45) is 0 Å². The highest BCUT2D eigenvalue weighted by molar-refractivity contribution is 7.91. The first-order chi connectivity index (χ1) is 13.9. The van der Waals surface area contributed by atoms with Crippen LogP contribution < -0.4 is 10.6 Å². The highest BCUT2D eigenvalue weighted by Gasteiger charge is 2.28. The normalized spacial score (nSPS) is 17.9. The van der Waals surface area contributed by atoms with E-state index in [1.54, 1.807) is 18.2 Å². The third kappa shape index (κ3) is 4.29. The van der Waals surface area contributed by atoms with E-state index in [1.165, 1.54) is 0 Å². The Balaban J connectivity index is 1.43. The number of sulfone groups is 1. The van der Waals surface area contributed by atoms with Gasteiger partial charge in [-0.1, -0.05) is 35.5 Å². The number of aromatic nitrogens is 1. The van der Waals surface area contributed by atoms with Crippen LogP contribution in [-0.4, -0.2) is 49.5 Å². The Morgan fingerprint density at radius 2 is 1.93 bits per heavy atom. The largest absolute Gasteiger partial charge is 0.355 e. The molecule has 150 valence electrons. The molecular weight excluding hydrogens is 394 g/mol. The van der Waals surface area contributed by atoms with Crippen LogP contribution in [-0.2, 0) is 14.6 Å². The summed E-state index contributed by atoms with van der Waals surface area (Å²) in [6.07, 6.45) is 0.397. The maximum absolute atomic E-state index is 12.5. The second kappa shape index (κ2) is 7.67. The summed E-state index contributed by atoms with van der Waals surface area (Å²) >= 11 is 0. The smallest absolute Gasteiger partial charge is 0.251 e.